The molecule has 26 heavy (non-hydrogen) atoms. The van der Waals surface area contributed by atoms with Crippen LogP contribution in [0.25, 0.3) is 0 Å². The number of pyridine rings is 1. The van der Waals surface area contributed by atoms with E-state index in [1.165, 1.54) is 23.2 Å². The number of hydrogen-bond acceptors (Lipinski definition) is 5. The molecule has 1 aromatic heterocycles. The molecule has 1 heterocycles. The molecule has 0 bridgehead atoms. The Morgan fingerprint density at radius 3 is 2.35 bits per heavy atom. The van der Waals surface area contributed by atoms with Crippen LogP contribution >= 0.6 is 23.5 Å². The van der Waals surface area contributed by atoms with Crippen molar-refractivity contribution in [3.63, 3.8) is 0 Å². The maximum atomic E-state index is 12.6. The first kappa shape index (κ1) is 20.1. The van der Waals surface area contributed by atoms with E-state index in [0.29, 0.717) is 10.6 Å². The van der Waals surface area contributed by atoms with E-state index in [0.717, 1.165) is 11.8 Å². The average Bonchev–Trinajstić information content (AvgIpc) is 2.55. The van der Waals surface area contributed by atoms with E-state index in [9.17, 15) is 22.8 Å². The molecular weight excluding hydrogens is 387 g/mol. The molecule has 0 radical (unpaired) electrons. The molecule has 0 atom stereocenters. The Bertz CT molecular complexity index is 796. The van der Waals surface area contributed by atoms with Crippen LogP contribution in [0.15, 0.2) is 52.5 Å². The first-order chi connectivity index (χ1) is 12.2. The summed E-state index contributed by atoms with van der Waals surface area (Å²) in [4.78, 5) is 29.6. The van der Waals surface area contributed by atoms with Gasteiger partial charge in [0.15, 0.2) is 0 Å². The van der Waals surface area contributed by atoms with E-state index >= 15 is 0 Å². The Morgan fingerprint density at radius 2 is 1.77 bits per heavy atom. The smallest absolute Gasteiger partial charge is 0.339 e. The number of halogens is 3. The maximum absolute atomic E-state index is 12.6. The van der Waals surface area contributed by atoms with Crippen LogP contribution in [0.1, 0.15) is 10.4 Å². The van der Waals surface area contributed by atoms with E-state index in [2.05, 4.69) is 10.3 Å². The minimum absolute atomic E-state index is 0.147. The van der Waals surface area contributed by atoms with Crippen LogP contribution in [0, 0.1) is 0 Å². The molecular formula is C16H14F3N3O2S2. The summed E-state index contributed by atoms with van der Waals surface area (Å²) in [6, 6.07) is 9.07. The summed E-state index contributed by atoms with van der Waals surface area (Å²) >= 11 is 0.581. The topological polar surface area (TPSA) is 62.3 Å². The standard InChI is InChI=1S/C16H14F3N3O2S2/c1-22(2)15(24)25-11-7-5-10(6-8-11)21-13(23)12-4-3-9-20-14(12)26-16(17,18)19/h3-9H,1-2H3,(H,21,23). The maximum Gasteiger partial charge on any atom is 0.447 e. The van der Waals surface area contributed by atoms with Gasteiger partial charge in [-0.3, -0.25) is 9.59 Å². The monoisotopic (exact) mass is 401 g/mol. The molecule has 0 unspecified atom stereocenters. The van der Waals surface area contributed by atoms with Gasteiger partial charge in [-0.05, 0) is 48.2 Å². The molecule has 1 aromatic carbocycles. The van der Waals surface area contributed by atoms with Crippen molar-refractivity contribution in [1.82, 2.24) is 9.88 Å². The lowest BCUT2D eigenvalue weighted by Gasteiger charge is -2.11. The third kappa shape index (κ3) is 5.95. The van der Waals surface area contributed by atoms with E-state index in [1.807, 2.05) is 0 Å². The van der Waals surface area contributed by atoms with Crippen LogP contribution < -0.4 is 5.32 Å². The minimum Gasteiger partial charge on any atom is -0.339 e. The molecule has 5 nitrogen and oxygen atoms in total. The molecule has 0 saturated heterocycles. The predicted octanol–water partition coefficient (Wildman–Crippen LogP) is 4.72. The van der Waals surface area contributed by atoms with Crippen LogP contribution in [-0.4, -0.2) is 40.6 Å². The van der Waals surface area contributed by atoms with E-state index < -0.39 is 28.2 Å². The van der Waals surface area contributed by atoms with Gasteiger partial charge in [-0.1, -0.05) is 0 Å². The van der Waals surface area contributed by atoms with Gasteiger partial charge in [0.1, 0.15) is 5.03 Å². The first-order valence-corrected chi connectivity index (χ1v) is 8.80. The Kier molecular flexibility index (Phi) is 6.54. The highest BCUT2D eigenvalue weighted by Crippen LogP contribution is 2.37. The molecule has 0 aliphatic rings. The number of carbonyl (C=O) groups is 2. The van der Waals surface area contributed by atoms with Crippen LogP contribution in [-0.2, 0) is 0 Å². The number of thioether (sulfide) groups is 2. The normalized spacial score (nSPS) is 11.1. The summed E-state index contributed by atoms with van der Waals surface area (Å²) in [5.74, 6) is -0.699. The number of hydrogen-bond donors (Lipinski definition) is 1. The van der Waals surface area contributed by atoms with Gasteiger partial charge in [-0.15, -0.1) is 0 Å². The molecule has 10 heteroatoms. The summed E-state index contributed by atoms with van der Waals surface area (Å²) in [7, 11) is 3.27. The fraction of sp³-hybridized carbons (Fsp3) is 0.188. The van der Waals surface area contributed by atoms with Crippen LogP contribution in [0.3, 0.4) is 0 Å². The van der Waals surface area contributed by atoms with Crippen molar-refractivity contribution in [2.75, 3.05) is 19.4 Å². The van der Waals surface area contributed by atoms with Crippen molar-refractivity contribution in [3.05, 3.63) is 48.2 Å². The minimum atomic E-state index is -4.54. The second kappa shape index (κ2) is 8.45. The van der Waals surface area contributed by atoms with E-state index in [1.54, 1.807) is 38.4 Å². The number of alkyl halides is 3. The van der Waals surface area contributed by atoms with Gasteiger partial charge in [0, 0.05) is 42.6 Å². The summed E-state index contributed by atoms with van der Waals surface area (Å²) in [6.07, 6.45) is 1.19. The number of benzene rings is 1. The molecule has 0 spiro atoms. The molecule has 2 rings (SSSR count). The number of aromatic nitrogens is 1. The van der Waals surface area contributed by atoms with Crippen molar-refractivity contribution in [2.24, 2.45) is 0 Å². The highest BCUT2D eigenvalue weighted by Gasteiger charge is 2.32. The van der Waals surface area contributed by atoms with Crippen LogP contribution in [0.2, 0.25) is 0 Å². The highest BCUT2D eigenvalue weighted by molar-refractivity contribution is 8.13. The van der Waals surface area contributed by atoms with Crippen LogP contribution in [0.5, 0.6) is 0 Å². The van der Waals surface area contributed by atoms with Gasteiger partial charge >= 0.3 is 5.51 Å². The summed E-state index contributed by atoms with van der Waals surface area (Å²) < 4.78 is 37.7. The summed E-state index contributed by atoms with van der Waals surface area (Å²) in [6.45, 7) is 0. The second-order valence-corrected chi connectivity index (χ2v) is 7.22. The third-order valence-electron chi connectivity index (χ3n) is 2.91. The van der Waals surface area contributed by atoms with Crippen molar-refractivity contribution < 1.29 is 22.8 Å². The Balaban J connectivity index is 2.10. The number of nitrogens with one attached hydrogen (secondary N) is 1. The highest BCUT2D eigenvalue weighted by atomic mass is 32.2. The fourth-order valence-corrected chi connectivity index (χ4v) is 3.01. The molecule has 2 aromatic rings. The molecule has 0 aliphatic heterocycles. The molecule has 0 saturated carbocycles. The predicted molar refractivity (Wildman–Crippen MR) is 95.5 cm³/mol. The number of carbonyl (C=O) groups excluding carboxylic acids is 2. The zero-order valence-corrected chi connectivity index (χ0v) is 15.3. The third-order valence-corrected chi connectivity index (χ3v) is 4.71. The Morgan fingerprint density at radius 1 is 1.12 bits per heavy atom. The second-order valence-electron chi connectivity index (χ2n) is 5.14. The summed E-state index contributed by atoms with van der Waals surface area (Å²) in [5.41, 5.74) is -4.32. The number of amides is 2. The lowest BCUT2D eigenvalue weighted by Crippen LogP contribution is -2.16. The zero-order valence-electron chi connectivity index (χ0n) is 13.7. The van der Waals surface area contributed by atoms with Crippen LogP contribution in [0.4, 0.5) is 23.7 Å². The van der Waals surface area contributed by atoms with Gasteiger partial charge in [-0.25, -0.2) is 4.98 Å². The van der Waals surface area contributed by atoms with Crippen molar-refractivity contribution >= 4 is 40.4 Å². The average molecular weight is 401 g/mol. The zero-order chi connectivity index (χ0) is 19.3. The molecule has 138 valence electrons. The number of nitrogens with zero attached hydrogens (tertiary/aromatic N) is 2. The van der Waals surface area contributed by atoms with Crippen molar-refractivity contribution in [1.29, 1.82) is 0 Å². The lowest BCUT2D eigenvalue weighted by molar-refractivity contribution is -0.0329. The largest absolute Gasteiger partial charge is 0.447 e. The fourth-order valence-electron chi connectivity index (χ4n) is 1.75. The van der Waals surface area contributed by atoms with Crippen molar-refractivity contribution in [2.45, 2.75) is 15.4 Å². The number of rotatable bonds is 4. The Hall–Kier alpha value is -2.20. The Labute approximate surface area is 156 Å². The molecule has 2 amide bonds. The van der Waals surface area contributed by atoms with Gasteiger partial charge < -0.3 is 10.2 Å². The van der Waals surface area contributed by atoms with E-state index in [-0.39, 0.29) is 10.8 Å². The van der Waals surface area contributed by atoms with Gasteiger partial charge in [0.05, 0.1) is 5.56 Å². The van der Waals surface area contributed by atoms with E-state index in [4.69, 9.17) is 0 Å². The molecule has 0 aliphatic carbocycles. The van der Waals surface area contributed by atoms with Gasteiger partial charge in [0.25, 0.3) is 11.1 Å². The SMILES string of the molecule is CN(C)C(=O)Sc1ccc(NC(=O)c2cccnc2SC(F)(F)F)cc1. The molecule has 0 fully saturated rings. The quantitative estimate of drug-likeness (QED) is 0.751. The van der Waals surface area contributed by atoms with Gasteiger partial charge in [0.2, 0.25) is 0 Å². The van der Waals surface area contributed by atoms with Crippen molar-refractivity contribution in [3.8, 4) is 0 Å². The lowest BCUT2D eigenvalue weighted by atomic mass is 10.2. The number of anilines is 1. The molecule has 1 N–H and O–H groups in total. The first-order valence-electron chi connectivity index (χ1n) is 7.17. The summed E-state index contributed by atoms with van der Waals surface area (Å²) in [5, 5.41) is 1.96. The van der Waals surface area contributed by atoms with Gasteiger partial charge in [-0.2, -0.15) is 13.2 Å².